The second-order valence-corrected chi connectivity index (χ2v) is 6.12. The molecule has 1 atom stereocenters. The number of halogens is 2. The lowest BCUT2D eigenvalue weighted by atomic mass is 9.97. The monoisotopic (exact) mass is 354 g/mol. The van der Waals surface area contributed by atoms with Gasteiger partial charge in [-0.2, -0.15) is 0 Å². The van der Waals surface area contributed by atoms with Gasteiger partial charge in [-0.1, -0.05) is 6.07 Å². The minimum absolute atomic E-state index is 0.303. The molecule has 0 spiro atoms. The van der Waals surface area contributed by atoms with E-state index in [0.29, 0.717) is 35.1 Å². The number of nitrogens with zero attached hydrogens (tertiary/aromatic N) is 1. The highest BCUT2D eigenvalue weighted by Gasteiger charge is 2.23. The Labute approximate surface area is 149 Å². The lowest BCUT2D eigenvalue weighted by molar-refractivity contribution is 0.175. The van der Waals surface area contributed by atoms with Crippen molar-refractivity contribution in [3.05, 3.63) is 77.5 Å². The number of pyridine rings is 1. The van der Waals surface area contributed by atoms with Crippen molar-refractivity contribution < 1.29 is 18.3 Å². The van der Waals surface area contributed by atoms with Gasteiger partial charge in [-0.25, -0.2) is 13.8 Å². The van der Waals surface area contributed by atoms with Crippen molar-refractivity contribution in [3.8, 4) is 17.4 Å². The molecular weight excluding hydrogens is 338 g/mol. The van der Waals surface area contributed by atoms with Gasteiger partial charge in [-0.3, -0.25) is 0 Å². The summed E-state index contributed by atoms with van der Waals surface area (Å²) in [6.07, 6.45) is 2.64. The standard InChI is InChI=1S/C20H16F2N2O2/c21-16-5-1-13(10-17(16)22)18-6-2-12-9-15(4-7-19(12)26-18)25-20-8-3-14(23)11-24-20/h1,3-5,7-11,18H,2,6,23H2. The summed E-state index contributed by atoms with van der Waals surface area (Å²) in [4.78, 5) is 4.11. The van der Waals surface area contributed by atoms with E-state index in [1.807, 2.05) is 12.1 Å². The highest BCUT2D eigenvalue weighted by molar-refractivity contribution is 5.44. The molecule has 6 heteroatoms. The summed E-state index contributed by atoms with van der Waals surface area (Å²) < 4.78 is 38.2. The molecule has 0 bridgehead atoms. The molecule has 1 aliphatic rings. The van der Waals surface area contributed by atoms with Gasteiger partial charge in [0.2, 0.25) is 5.88 Å². The second kappa shape index (κ2) is 6.63. The molecule has 2 N–H and O–H groups in total. The van der Waals surface area contributed by atoms with Crippen molar-refractivity contribution in [1.82, 2.24) is 4.98 Å². The van der Waals surface area contributed by atoms with Gasteiger partial charge in [-0.15, -0.1) is 0 Å². The molecule has 2 heterocycles. The fraction of sp³-hybridized carbons (Fsp3) is 0.150. The number of nitrogen functional groups attached to an aromatic ring is 1. The maximum Gasteiger partial charge on any atom is 0.219 e. The van der Waals surface area contributed by atoms with Crippen LogP contribution in [0.25, 0.3) is 0 Å². The molecule has 0 fully saturated rings. The van der Waals surface area contributed by atoms with Gasteiger partial charge < -0.3 is 15.2 Å². The molecule has 4 rings (SSSR count). The van der Waals surface area contributed by atoms with Crippen LogP contribution in [0.2, 0.25) is 0 Å². The first-order valence-electron chi connectivity index (χ1n) is 8.22. The number of nitrogens with two attached hydrogens (primary N) is 1. The number of anilines is 1. The van der Waals surface area contributed by atoms with E-state index < -0.39 is 11.6 Å². The molecule has 1 aliphatic heterocycles. The van der Waals surface area contributed by atoms with Crippen molar-refractivity contribution in [2.24, 2.45) is 0 Å². The van der Waals surface area contributed by atoms with Crippen molar-refractivity contribution in [1.29, 1.82) is 0 Å². The molecule has 132 valence electrons. The summed E-state index contributed by atoms with van der Waals surface area (Å²) >= 11 is 0. The number of ether oxygens (including phenoxy) is 2. The van der Waals surface area contributed by atoms with Gasteiger partial charge >= 0.3 is 0 Å². The molecule has 0 saturated carbocycles. The van der Waals surface area contributed by atoms with E-state index in [1.54, 1.807) is 24.3 Å². The molecule has 4 nitrogen and oxygen atoms in total. The second-order valence-electron chi connectivity index (χ2n) is 6.12. The van der Waals surface area contributed by atoms with Gasteiger partial charge in [0.15, 0.2) is 11.6 Å². The Bertz CT molecular complexity index is 945. The Morgan fingerprint density at radius 1 is 1.04 bits per heavy atom. The average Bonchev–Trinajstić information content (AvgIpc) is 2.65. The molecule has 0 saturated heterocycles. The van der Waals surface area contributed by atoms with Crippen LogP contribution in [0.1, 0.15) is 23.7 Å². The number of benzene rings is 2. The third-order valence-corrected chi connectivity index (χ3v) is 4.27. The summed E-state index contributed by atoms with van der Waals surface area (Å²) in [5.74, 6) is 0.0923. The smallest absolute Gasteiger partial charge is 0.219 e. The number of aromatic nitrogens is 1. The average molecular weight is 354 g/mol. The number of aryl methyl sites for hydroxylation is 1. The largest absolute Gasteiger partial charge is 0.485 e. The van der Waals surface area contributed by atoms with Crippen LogP contribution in [0, 0.1) is 11.6 Å². The van der Waals surface area contributed by atoms with E-state index in [1.165, 1.54) is 12.3 Å². The van der Waals surface area contributed by atoms with Gasteiger partial charge in [0, 0.05) is 6.07 Å². The van der Waals surface area contributed by atoms with Crippen LogP contribution in [0.15, 0.2) is 54.7 Å². The van der Waals surface area contributed by atoms with Crippen molar-refractivity contribution in [3.63, 3.8) is 0 Å². The SMILES string of the molecule is Nc1ccc(Oc2ccc3c(c2)CCC(c2ccc(F)c(F)c2)O3)nc1. The summed E-state index contributed by atoms with van der Waals surface area (Å²) in [7, 11) is 0. The molecular formula is C20H16F2N2O2. The van der Waals surface area contributed by atoms with Crippen LogP contribution in [0.5, 0.6) is 17.4 Å². The summed E-state index contributed by atoms with van der Waals surface area (Å²) in [6, 6.07) is 12.8. The Hall–Kier alpha value is -3.15. The van der Waals surface area contributed by atoms with E-state index in [2.05, 4.69) is 4.98 Å². The molecule has 0 aliphatic carbocycles. The highest BCUT2D eigenvalue weighted by Crippen LogP contribution is 2.37. The van der Waals surface area contributed by atoms with Crippen LogP contribution in [-0.2, 0) is 6.42 Å². The van der Waals surface area contributed by atoms with Crippen LogP contribution in [0.4, 0.5) is 14.5 Å². The molecule has 2 aromatic carbocycles. The molecule has 3 aromatic rings. The first-order valence-corrected chi connectivity index (χ1v) is 8.22. The van der Waals surface area contributed by atoms with Crippen molar-refractivity contribution in [2.45, 2.75) is 18.9 Å². The highest BCUT2D eigenvalue weighted by atomic mass is 19.2. The van der Waals surface area contributed by atoms with Gasteiger partial charge in [-0.05, 0) is 60.4 Å². The van der Waals surface area contributed by atoms with Crippen molar-refractivity contribution in [2.75, 3.05) is 5.73 Å². The van der Waals surface area contributed by atoms with Gasteiger partial charge in [0.05, 0.1) is 11.9 Å². The summed E-state index contributed by atoms with van der Waals surface area (Å²) in [5.41, 5.74) is 7.80. The number of hydrogen-bond acceptors (Lipinski definition) is 4. The topological polar surface area (TPSA) is 57.4 Å². The van der Waals surface area contributed by atoms with Crippen LogP contribution in [0.3, 0.4) is 0 Å². The first kappa shape index (κ1) is 16.3. The third-order valence-electron chi connectivity index (χ3n) is 4.27. The van der Waals surface area contributed by atoms with Gasteiger partial charge in [0.25, 0.3) is 0 Å². The summed E-state index contributed by atoms with van der Waals surface area (Å²) in [5, 5.41) is 0. The molecule has 1 aromatic heterocycles. The zero-order valence-electron chi connectivity index (χ0n) is 13.8. The summed E-state index contributed by atoms with van der Waals surface area (Å²) in [6.45, 7) is 0. The van der Waals surface area contributed by atoms with E-state index >= 15 is 0 Å². The zero-order chi connectivity index (χ0) is 18.1. The maximum atomic E-state index is 13.5. The Balaban J connectivity index is 1.51. The van der Waals surface area contributed by atoms with E-state index in [0.717, 1.165) is 18.1 Å². The lowest BCUT2D eigenvalue weighted by Crippen LogP contribution is -2.15. The Morgan fingerprint density at radius 2 is 1.92 bits per heavy atom. The fourth-order valence-electron chi connectivity index (χ4n) is 2.95. The normalized spacial score (nSPS) is 15.8. The lowest BCUT2D eigenvalue weighted by Gasteiger charge is -2.26. The third kappa shape index (κ3) is 3.31. The molecule has 26 heavy (non-hydrogen) atoms. The van der Waals surface area contributed by atoms with Crippen molar-refractivity contribution >= 4 is 5.69 Å². The predicted molar refractivity (Wildman–Crippen MR) is 93.2 cm³/mol. The number of fused-ring (bicyclic) bond motifs is 1. The minimum Gasteiger partial charge on any atom is -0.485 e. The Morgan fingerprint density at radius 3 is 2.69 bits per heavy atom. The van der Waals surface area contributed by atoms with Crippen LogP contribution in [-0.4, -0.2) is 4.98 Å². The minimum atomic E-state index is -0.864. The van der Waals surface area contributed by atoms with E-state index in [9.17, 15) is 8.78 Å². The number of hydrogen-bond donors (Lipinski definition) is 1. The molecule has 1 unspecified atom stereocenters. The van der Waals surface area contributed by atoms with Gasteiger partial charge in [0.1, 0.15) is 17.6 Å². The maximum absolute atomic E-state index is 13.5. The number of rotatable bonds is 3. The quantitative estimate of drug-likeness (QED) is 0.734. The predicted octanol–water partition coefficient (Wildman–Crippen LogP) is 4.80. The molecule has 0 amide bonds. The van der Waals surface area contributed by atoms with E-state index in [4.69, 9.17) is 15.2 Å². The zero-order valence-corrected chi connectivity index (χ0v) is 13.8. The van der Waals surface area contributed by atoms with Crippen LogP contribution >= 0.6 is 0 Å². The van der Waals surface area contributed by atoms with E-state index in [-0.39, 0.29) is 6.10 Å². The fourth-order valence-corrected chi connectivity index (χ4v) is 2.95. The van der Waals surface area contributed by atoms with Crippen LogP contribution < -0.4 is 15.2 Å². The molecule has 0 radical (unpaired) electrons. The Kier molecular flexibility index (Phi) is 4.16. The first-order chi connectivity index (χ1) is 12.6.